The molecule has 0 aromatic heterocycles. The third-order valence-electron chi connectivity index (χ3n) is 3.35. The zero-order valence-corrected chi connectivity index (χ0v) is 16.8. The molecular weight excluding hydrogens is 422 g/mol. The number of benzene rings is 1. The van der Waals surface area contributed by atoms with Crippen molar-refractivity contribution < 1.29 is 23.8 Å². The molecule has 0 spiro atoms. The van der Waals surface area contributed by atoms with E-state index < -0.39 is 0 Å². The van der Waals surface area contributed by atoms with Gasteiger partial charge in [-0.15, -0.1) is 6.42 Å². The van der Waals surface area contributed by atoms with Gasteiger partial charge in [0.1, 0.15) is 6.61 Å². The van der Waals surface area contributed by atoms with Crippen LogP contribution in [0.5, 0.6) is 11.5 Å². The molecule has 0 radical (unpaired) electrons. The van der Waals surface area contributed by atoms with Gasteiger partial charge in [0.2, 0.25) is 0 Å². The first-order valence-corrected chi connectivity index (χ1v) is 9.39. The Labute approximate surface area is 165 Å². The Balaban J connectivity index is 2.32. The van der Waals surface area contributed by atoms with E-state index in [4.69, 9.17) is 20.6 Å². The highest BCUT2D eigenvalue weighted by atomic mass is 79.9. The van der Waals surface area contributed by atoms with Crippen LogP contribution in [0.2, 0.25) is 0 Å². The highest BCUT2D eigenvalue weighted by molar-refractivity contribution is 9.10. The van der Waals surface area contributed by atoms with Crippen molar-refractivity contribution in [2.45, 2.75) is 6.92 Å². The number of methoxy groups -OCH3 is 1. The minimum atomic E-state index is -0.338. The van der Waals surface area contributed by atoms with Crippen LogP contribution in [-0.2, 0) is 9.53 Å². The Morgan fingerprint density at radius 2 is 2.04 bits per heavy atom. The molecule has 26 heavy (non-hydrogen) atoms. The number of carbonyl (C=O) groups excluding carboxylic acids is 2. The van der Waals surface area contributed by atoms with Crippen molar-refractivity contribution in [2.75, 3.05) is 33.5 Å². The molecule has 0 atom stereocenters. The SMILES string of the molecule is C#CCOc1cc(Br)c(/C=C2/SC(=O)N(CCOC)C2=O)cc1OCC. The summed E-state index contributed by atoms with van der Waals surface area (Å²) in [6.45, 7) is 2.94. The van der Waals surface area contributed by atoms with Gasteiger partial charge in [0.05, 0.1) is 24.7 Å². The van der Waals surface area contributed by atoms with Gasteiger partial charge in [-0.1, -0.05) is 21.9 Å². The van der Waals surface area contributed by atoms with Crippen LogP contribution in [0.25, 0.3) is 6.08 Å². The van der Waals surface area contributed by atoms with Crippen molar-refractivity contribution in [3.05, 3.63) is 27.1 Å². The van der Waals surface area contributed by atoms with Gasteiger partial charge < -0.3 is 14.2 Å². The van der Waals surface area contributed by atoms with Crippen molar-refractivity contribution >= 4 is 44.9 Å². The molecule has 1 fully saturated rings. The van der Waals surface area contributed by atoms with Crippen LogP contribution < -0.4 is 9.47 Å². The summed E-state index contributed by atoms with van der Waals surface area (Å²) in [6, 6.07) is 3.46. The summed E-state index contributed by atoms with van der Waals surface area (Å²) in [5.41, 5.74) is 0.693. The van der Waals surface area contributed by atoms with Crippen LogP contribution in [0.4, 0.5) is 4.79 Å². The predicted octanol–water partition coefficient (Wildman–Crippen LogP) is 3.54. The van der Waals surface area contributed by atoms with Gasteiger partial charge in [-0.2, -0.15) is 0 Å². The van der Waals surface area contributed by atoms with E-state index in [0.717, 1.165) is 11.8 Å². The first-order chi connectivity index (χ1) is 12.5. The molecular formula is C18H18BrNO5S. The maximum Gasteiger partial charge on any atom is 0.293 e. The lowest BCUT2D eigenvalue weighted by molar-refractivity contribution is -0.123. The first kappa shape index (κ1) is 20.4. The van der Waals surface area contributed by atoms with Crippen molar-refractivity contribution in [1.29, 1.82) is 0 Å². The monoisotopic (exact) mass is 439 g/mol. The smallest absolute Gasteiger partial charge is 0.293 e. The van der Waals surface area contributed by atoms with Gasteiger partial charge in [-0.25, -0.2) is 0 Å². The summed E-state index contributed by atoms with van der Waals surface area (Å²) in [7, 11) is 1.52. The van der Waals surface area contributed by atoms with Crippen molar-refractivity contribution in [3.63, 3.8) is 0 Å². The molecule has 2 rings (SSSR count). The Morgan fingerprint density at radius 1 is 1.31 bits per heavy atom. The zero-order chi connectivity index (χ0) is 19.1. The number of thioether (sulfide) groups is 1. The number of hydrogen-bond donors (Lipinski definition) is 0. The molecule has 0 saturated carbocycles. The molecule has 0 bridgehead atoms. The Hall–Kier alpha value is -1.95. The number of imide groups is 1. The lowest BCUT2D eigenvalue weighted by Crippen LogP contribution is -2.31. The zero-order valence-electron chi connectivity index (χ0n) is 14.4. The van der Waals surface area contributed by atoms with Crippen LogP contribution >= 0.6 is 27.7 Å². The highest BCUT2D eigenvalue weighted by Gasteiger charge is 2.34. The van der Waals surface area contributed by atoms with Crippen LogP contribution in [0.3, 0.4) is 0 Å². The van der Waals surface area contributed by atoms with E-state index in [1.54, 1.807) is 18.2 Å². The fourth-order valence-corrected chi connectivity index (χ4v) is 3.47. The summed E-state index contributed by atoms with van der Waals surface area (Å²) in [4.78, 5) is 25.9. The average Bonchev–Trinajstić information content (AvgIpc) is 2.88. The van der Waals surface area contributed by atoms with Crippen LogP contribution in [0, 0.1) is 12.3 Å². The van der Waals surface area contributed by atoms with Gasteiger partial charge in [0.25, 0.3) is 11.1 Å². The minimum absolute atomic E-state index is 0.115. The molecule has 138 valence electrons. The Kier molecular flexibility index (Phi) is 7.57. The van der Waals surface area contributed by atoms with E-state index in [0.29, 0.717) is 39.7 Å². The summed E-state index contributed by atoms with van der Waals surface area (Å²) in [5, 5.41) is -0.312. The second kappa shape index (κ2) is 9.67. The molecule has 1 heterocycles. The van der Waals surface area contributed by atoms with Gasteiger partial charge >= 0.3 is 0 Å². The summed E-state index contributed by atoms with van der Waals surface area (Å²) >= 11 is 4.35. The number of terminal acetylenes is 1. The fraction of sp³-hybridized carbons (Fsp3) is 0.333. The van der Waals surface area contributed by atoms with Crippen molar-refractivity contribution in [1.82, 2.24) is 4.90 Å². The average molecular weight is 440 g/mol. The van der Waals surface area contributed by atoms with Crippen molar-refractivity contribution in [2.24, 2.45) is 0 Å². The molecule has 1 saturated heterocycles. The van der Waals surface area contributed by atoms with E-state index >= 15 is 0 Å². The third kappa shape index (κ3) is 4.81. The van der Waals surface area contributed by atoms with Gasteiger partial charge in [0, 0.05) is 11.6 Å². The maximum atomic E-state index is 12.4. The molecule has 0 aliphatic carbocycles. The number of nitrogens with zero attached hydrogens (tertiary/aromatic N) is 1. The van der Waals surface area contributed by atoms with E-state index in [-0.39, 0.29) is 24.3 Å². The topological polar surface area (TPSA) is 65.1 Å². The lowest BCUT2D eigenvalue weighted by atomic mass is 10.2. The number of amides is 2. The summed E-state index contributed by atoms with van der Waals surface area (Å²) in [5.74, 6) is 3.08. The second-order valence-electron chi connectivity index (χ2n) is 5.07. The molecule has 1 aliphatic heterocycles. The summed E-state index contributed by atoms with van der Waals surface area (Å²) in [6.07, 6.45) is 6.88. The number of hydrogen-bond acceptors (Lipinski definition) is 6. The van der Waals surface area contributed by atoms with Crippen LogP contribution in [0.1, 0.15) is 12.5 Å². The molecule has 1 aliphatic rings. The van der Waals surface area contributed by atoms with Gasteiger partial charge in [-0.05, 0) is 42.5 Å². The first-order valence-electron chi connectivity index (χ1n) is 7.78. The minimum Gasteiger partial charge on any atom is -0.490 e. The number of halogens is 1. The van der Waals surface area contributed by atoms with Crippen LogP contribution in [0.15, 0.2) is 21.5 Å². The largest absolute Gasteiger partial charge is 0.490 e. The number of ether oxygens (including phenoxy) is 3. The molecule has 1 aromatic carbocycles. The Bertz CT molecular complexity index is 772. The fourth-order valence-electron chi connectivity index (χ4n) is 2.18. The van der Waals surface area contributed by atoms with E-state index in [1.165, 1.54) is 12.0 Å². The normalized spacial score (nSPS) is 15.5. The van der Waals surface area contributed by atoms with Gasteiger partial charge in [-0.3, -0.25) is 14.5 Å². The molecule has 0 unspecified atom stereocenters. The lowest BCUT2D eigenvalue weighted by Gasteiger charge is -2.13. The molecule has 6 nitrogen and oxygen atoms in total. The summed E-state index contributed by atoms with van der Waals surface area (Å²) < 4.78 is 16.7. The third-order valence-corrected chi connectivity index (χ3v) is 4.95. The van der Waals surface area contributed by atoms with E-state index in [2.05, 4.69) is 21.9 Å². The number of carbonyl (C=O) groups is 2. The van der Waals surface area contributed by atoms with E-state index in [1.807, 2.05) is 6.92 Å². The molecule has 1 aromatic rings. The second-order valence-corrected chi connectivity index (χ2v) is 6.92. The highest BCUT2D eigenvalue weighted by Crippen LogP contribution is 2.38. The molecule has 0 N–H and O–H groups in total. The van der Waals surface area contributed by atoms with Crippen LogP contribution in [-0.4, -0.2) is 49.5 Å². The Morgan fingerprint density at radius 3 is 2.69 bits per heavy atom. The van der Waals surface area contributed by atoms with Gasteiger partial charge in [0.15, 0.2) is 11.5 Å². The predicted molar refractivity (Wildman–Crippen MR) is 104 cm³/mol. The standard InChI is InChI=1S/C18H18BrNO5S/c1-4-7-25-15-11-13(19)12(9-14(15)24-5-2)10-16-17(21)20(6-8-23-3)18(22)26-16/h1,9-11H,5-8H2,2-3H3/b16-10+. The van der Waals surface area contributed by atoms with Crippen molar-refractivity contribution in [3.8, 4) is 23.8 Å². The maximum absolute atomic E-state index is 12.4. The quantitative estimate of drug-likeness (QED) is 0.455. The number of rotatable bonds is 8. The molecule has 8 heteroatoms. The van der Waals surface area contributed by atoms with E-state index in [9.17, 15) is 9.59 Å². The molecule has 2 amide bonds.